The first-order valence-corrected chi connectivity index (χ1v) is 22.6. The molecular formula is C42H66O16S. The van der Waals surface area contributed by atoms with Crippen LogP contribution in [0.4, 0.5) is 0 Å². The molecule has 0 radical (unpaired) electrons. The minimum atomic E-state index is -4.73. The number of rotatable bonds is 15. The highest BCUT2D eigenvalue weighted by molar-refractivity contribution is 7.80. The monoisotopic (exact) mass is 858 g/mol. The highest BCUT2D eigenvalue weighted by Gasteiger charge is 2.67. The predicted octanol–water partition coefficient (Wildman–Crippen LogP) is 5.53. The van der Waals surface area contributed by atoms with Gasteiger partial charge in [-0.15, -0.1) is 0 Å². The van der Waals surface area contributed by atoms with Crippen LogP contribution in [0.5, 0.6) is 0 Å². The zero-order chi connectivity index (χ0) is 43.6. The predicted molar refractivity (Wildman–Crippen MR) is 208 cm³/mol. The summed E-state index contributed by atoms with van der Waals surface area (Å²) in [6.45, 7) is 15.2. The maximum Gasteiger partial charge on any atom is 0.397 e. The number of fused-ring (bicyclic) bond motifs is 5. The van der Waals surface area contributed by atoms with E-state index in [-0.39, 0.29) is 61.1 Å². The van der Waals surface area contributed by atoms with Gasteiger partial charge in [-0.2, -0.15) is 8.42 Å². The molecule has 5 fully saturated rings. The van der Waals surface area contributed by atoms with Gasteiger partial charge in [0, 0.05) is 46.0 Å². The molecule has 59 heavy (non-hydrogen) atoms. The van der Waals surface area contributed by atoms with E-state index in [4.69, 9.17) is 37.3 Å². The summed E-state index contributed by atoms with van der Waals surface area (Å²) in [5.41, 5.74) is -1.06. The first-order valence-electron chi connectivity index (χ1n) is 21.3. The third kappa shape index (κ3) is 11.0. The van der Waals surface area contributed by atoms with Crippen LogP contribution in [-0.2, 0) is 71.7 Å². The van der Waals surface area contributed by atoms with Crippen molar-refractivity contribution in [2.24, 2.45) is 52.3 Å². The van der Waals surface area contributed by atoms with Crippen molar-refractivity contribution >= 4 is 40.2 Å². The van der Waals surface area contributed by atoms with Crippen LogP contribution in [0.25, 0.3) is 0 Å². The molecule has 1 N–H and O–H groups in total. The molecule has 0 bridgehead atoms. The summed E-state index contributed by atoms with van der Waals surface area (Å²) >= 11 is 0. The van der Waals surface area contributed by atoms with E-state index in [1.165, 1.54) is 34.6 Å². The number of ether oxygens (including phenoxy) is 7. The van der Waals surface area contributed by atoms with Crippen molar-refractivity contribution < 1.29 is 74.3 Å². The fourth-order valence-corrected chi connectivity index (χ4v) is 12.7. The molecule has 15 atom stereocenters. The molecule has 0 spiro atoms. The lowest BCUT2D eigenvalue weighted by atomic mass is 9.43. The van der Waals surface area contributed by atoms with Crippen molar-refractivity contribution in [3.63, 3.8) is 0 Å². The fourth-order valence-electron chi connectivity index (χ4n) is 12.2. The molecule has 0 unspecified atom stereocenters. The van der Waals surface area contributed by atoms with Crippen molar-refractivity contribution in [1.29, 1.82) is 0 Å². The topological polar surface area (TPSA) is 214 Å². The molecule has 16 nitrogen and oxygen atoms in total. The van der Waals surface area contributed by atoms with Gasteiger partial charge in [0.05, 0.1) is 25.4 Å². The number of carbonyl (C=O) groups is 5. The summed E-state index contributed by atoms with van der Waals surface area (Å²) < 4.78 is 80.6. The van der Waals surface area contributed by atoms with Crippen LogP contribution >= 0.6 is 0 Å². The number of esters is 5. The van der Waals surface area contributed by atoms with Crippen LogP contribution in [0.2, 0.25) is 0 Å². The average molecular weight is 859 g/mol. The Hall–Kier alpha value is -2.86. The van der Waals surface area contributed by atoms with Crippen LogP contribution in [0.1, 0.15) is 127 Å². The summed E-state index contributed by atoms with van der Waals surface area (Å²) in [6, 6.07) is 0. The maximum absolute atomic E-state index is 12.7. The van der Waals surface area contributed by atoms with Crippen LogP contribution in [-0.4, -0.2) is 98.9 Å². The molecule has 1 heterocycles. The smallest absolute Gasteiger partial charge is 0.397 e. The van der Waals surface area contributed by atoms with Gasteiger partial charge in [-0.25, -0.2) is 4.18 Å². The van der Waals surface area contributed by atoms with Crippen LogP contribution in [0.15, 0.2) is 0 Å². The lowest BCUT2D eigenvalue weighted by molar-refractivity contribution is -0.316. The molecule has 0 aromatic heterocycles. The Morgan fingerprint density at radius 3 is 1.97 bits per heavy atom. The highest BCUT2D eigenvalue weighted by Crippen LogP contribution is 2.69. The highest BCUT2D eigenvalue weighted by atomic mass is 32.3. The first-order chi connectivity index (χ1) is 27.5. The van der Waals surface area contributed by atoms with Gasteiger partial charge in [0.2, 0.25) is 0 Å². The van der Waals surface area contributed by atoms with E-state index in [2.05, 4.69) is 27.7 Å². The van der Waals surface area contributed by atoms with Gasteiger partial charge >= 0.3 is 40.2 Å². The zero-order valence-corrected chi connectivity index (χ0v) is 36.9. The Kier molecular flexibility index (Phi) is 15.2. The lowest BCUT2D eigenvalue weighted by Gasteiger charge is -2.64. The molecule has 5 rings (SSSR count). The summed E-state index contributed by atoms with van der Waals surface area (Å²) in [5, 5.41) is 0. The minimum Gasteiger partial charge on any atom is -0.466 e. The maximum atomic E-state index is 12.7. The molecule has 336 valence electrons. The molecule has 17 heteroatoms. The van der Waals surface area contributed by atoms with E-state index in [1.54, 1.807) is 0 Å². The van der Waals surface area contributed by atoms with Crippen molar-refractivity contribution in [3.05, 3.63) is 0 Å². The lowest BCUT2D eigenvalue weighted by Crippen LogP contribution is -2.64. The third-order valence-electron chi connectivity index (χ3n) is 14.4. The number of hydrogen-bond donors (Lipinski definition) is 1. The van der Waals surface area contributed by atoms with Crippen molar-refractivity contribution in [3.8, 4) is 0 Å². The van der Waals surface area contributed by atoms with Gasteiger partial charge in [-0.3, -0.25) is 28.5 Å². The van der Waals surface area contributed by atoms with Crippen LogP contribution in [0.3, 0.4) is 0 Å². The van der Waals surface area contributed by atoms with Gasteiger partial charge in [0.1, 0.15) is 6.10 Å². The molecule has 0 amide bonds. The third-order valence-corrected chi connectivity index (χ3v) is 14.9. The van der Waals surface area contributed by atoms with Gasteiger partial charge in [0.25, 0.3) is 0 Å². The van der Waals surface area contributed by atoms with E-state index in [1.807, 2.05) is 0 Å². The second-order valence-corrected chi connectivity index (χ2v) is 19.6. The van der Waals surface area contributed by atoms with E-state index >= 15 is 0 Å². The second kappa shape index (κ2) is 19.0. The number of carbonyl (C=O) groups excluding carboxylic acids is 5. The molecule has 4 saturated carbocycles. The summed E-state index contributed by atoms with van der Waals surface area (Å²) in [7, 11) is -4.73. The standard InChI is InChI=1S/C42H66O16S/c1-22(2)11-10-12-28(20-51-23(3)43)31-13-14-32-30-18-35(53-24(4)44)34-17-29(58-59(48,49)50)15-16-41(34,8)33(30)19-37(42(31,32)9)57-40-39(56-27(7)47)38(55-26(6)46)36(21-52-40)54-25(5)45/h22,28-40H,10-21H2,1-9H3,(H,48,49,50)/t28-,29+,30-,31+,32-,33-,34+,35+,36+,37+,38-,39+,40-,41+,42+/m0/s1. The Morgan fingerprint density at radius 1 is 0.746 bits per heavy atom. The van der Waals surface area contributed by atoms with Crippen molar-refractivity contribution in [2.45, 2.75) is 169 Å². The quantitative estimate of drug-likeness (QED) is 0.0928. The molecule has 4 aliphatic carbocycles. The molecule has 0 aromatic rings. The summed E-state index contributed by atoms with van der Waals surface area (Å²) in [4.78, 5) is 62.2. The van der Waals surface area contributed by atoms with E-state index < -0.39 is 88.0 Å². The first kappa shape index (κ1) is 47.2. The summed E-state index contributed by atoms with van der Waals surface area (Å²) in [5.74, 6) is -2.58. The Bertz CT molecular complexity index is 1650. The second-order valence-electron chi connectivity index (χ2n) is 18.6. The average Bonchev–Trinajstić information content (AvgIpc) is 3.46. The molecule has 1 saturated heterocycles. The Labute approximate surface area is 348 Å². The summed E-state index contributed by atoms with van der Waals surface area (Å²) in [6.07, 6.45) is -0.204. The zero-order valence-electron chi connectivity index (χ0n) is 36.0. The van der Waals surface area contributed by atoms with Gasteiger partial charge in [-0.05, 0) is 92.3 Å². The number of hydrogen-bond acceptors (Lipinski definition) is 15. The van der Waals surface area contributed by atoms with E-state index in [9.17, 15) is 36.9 Å². The Morgan fingerprint density at radius 2 is 1.37 bits per heavy atom. The fraction of sp³-hybridized carbons (Fsp3) is 0.881. The van der Waals surface area contributed by atoms with Crippen molar-refractivity contribution in [1.82, 2.24) is 0 Å². The van der Waals surface area contributed by atoms with Crippen LogP contribution in [0, 0.1) is 52.3 Å². The van der Waals surface area contributed by atoms with Crippen LogP contribution < -0.4 is 0 Å². The van der Waals surface area contributed by atoms with Gasteiger partial charge in [0.15, 0.2) is 24.6 Å². The molecule has 0 aromatic carbocycles. The van der Waals surface area contributed by atoms with E-state index in [0.29, 0.717) is 31.6 Å². The van der Waals surface area contributed by atoms with Gasteiger partial charge < -0.3 is 33.2 Å². The Balaban J connectivity index is 1.59. The molecule has 1 aliphatic heterocycles. The SMILES string of the molecule is CC(=O)OC[C@H](CCCC(C)C)[C@H]1CC[C@H]2[C@@H]3C[C@@H](OC(C)=O)[C@H]4C[C@H](OS(=O)(=O)O)CC[C@]4(C)[C@H]3C[C@@H](O[C@@H]3OC[C@@H](OC(C)=O)[C@H](OC(C)=O)[C@H]3OC(C)=O)[C@]12C. The largest absolute Gasteiger partial charge is 0.466 e. The normalized spacial score (nSPS) is 38.5. The van der Waals surface area contributed by atoms with Gasteiger partial charge in [-0.1, -0.05) is 40.5 Å². The molecular weight excluding hydrogens is 793 g/mol. The van der Waals surface area contributed by atoms with E-state index in [0.717, 1.165) is 32.1 Å². The minimum absolute atomic E-state index is 0.00962. The van der Waals surface area contributed by atoms with Crippen molar-refractivity contribution in [2.75, 3.05) is 13.2 Å². The molecule has 5 aliphatic rings.